The van der Waals surface area contributed by atoms with Gasteiger partial charge in [0.15, 0.2) is 0 Å². The second kappa shape index (κ2) is 5.50. The average molecular weight is 227 g/mol. The van der Waals surface area contributed by atoms with Crippen LogP contribution in [0.5, 0.6) is 0 Å². The van der Waals surface area contributed by atoms with E-state index in [0.717, 1.165) is 4.88 Å². The number of amides is 1. The molecule has 0 fully saturated rings. The highest BCUT2D eigenvalue weighted by Gasteiger charge is 2.15. The molecule has 0 unspecified atom stereocenters. The van der Waals surface area contributed by atoms with E-state index in [1.807, 2.05) is 24.4 Å². The summed E-state index contributed by atoms with van der Waals surface area (Å²) in [6.07, 6.45) is -0.0388. The summed E-state index contributed by atoms with van der Waals surface area (Å²) in [6, 6.07) is 3.78. The van der Waals surface area contributed by atoms with Gasteiger partial charge in [0.05, 0.1) is 12.3 Å². The highest BCUT2D eigenvalue weighted by molar-refractivity contribution is 7.10. The van der Waals surface area contributed by atoms with Crippen molar-refractivity contribution >= 4 is 23.2 Å². The van der Waals surface area contributed by atoms with Crippen LogP contribution in [-0.2, 0) is 9.59 Å². The molecule has 0 saturated carbocycles. The minimum Gasteiger partial charge on any atom is -0.481 e. The monoisotopic (exact) mass is 227 g/mol. The fraction of sp³-hybridized carbons (Fsp3) is 0.400. The van der Waals surface area contributed by atoms with Gasteiger partial charge < -0.3 is 10.4 Å². The summed E-state index contributed by atoms with van der Waals surface area (Å²) >= 11 is 1.52. The molecule has 0 aliphatic rings. The standard InChI is InChI=1S/C10H13NO3S/c1-7(8-3-2-6-15-8)10(14)11-5-4-9(12)13/h2-3,6-7H,4-5H2,1H3,(H,11,14)(H,12,13)/t7-/m1/s1. The van der Waals surface area contributed by atoms with Crippen molar-refractivity contribution in [2.24, 2.45) is 0 Å². The molecule has 2 N–H and O–H groups in total. The molecule has 1 atom stereocenters. The maximum Gasteiger partial charge on any atom is 0.305 e. The highest BCUT2D eigenvalue weighted by Crippen LogP contribution is 2.20. The Balaban J connectivity index is 2.37. The van der Waals surface area contributed by atoms with Gasteiger partial charge in [-0.3, -0.25) is 9.59 Å². The van der Waals surface area contributed by atoms with Gasteiger partial charge in [-0.25, -0.2) is 0 Å². The number of rotatable bonds is 5. The second-order valence-electron chi connectivity index (χ2n) is 3.17. The van der Waals surface area contributed by atoms with Gasteiger partial charge in [0.1, 0.15) is 0 Å². The van der Waals surface area contributed by atoms with Gasteiger partial charge in [-0.2, -0.15) is 0 Å². The predicted octanol–water partition coefficient (Wildman–Crippen LogP) is 1.44. The number of carbonyl (C=O) groups excluding carboxylic acids is 1. The van der Waals surface area contributed by atoms with E-state index in [1.165, 1.54) is 11.3 Å². The number of hydrogen-bond acceptors (Lipinski definition) is 3. The molecule has 0 aromatic carbocycles. The normalized spacial score (nSPS) is 12.1. The largest absolute Gasteiger partial charge is 0.481 e. The van der Waals surface area contributed by atoms with Crippen molar-refractivity contribution in [2.75, 3.05) is 6.54 Å². The lowest BCUT2D eigenvalue weighted by Gasteiger charge is -2.09. The Labute approximate surface area is 91.9 Å². The molecule has 0 aliphatic carbocycles. The molecule has 4 nitrogen and oxygen atoms in total. The molecule has 1 rings (SSSR count). The fourth-order valence-corrected chi connectivity index (χ4v) is 1.90. The third-order valence-electron chi connectivity index (χ3n) is 2.00. The SMILES string of the molecule is C[C@@H](C(=O)NCCC(=O)O)c1cccs1. The quantitative estimate of drug-likeness (QED) is 0.800. The Hall–Kier alpha value is -1.36. The average Bonchev–Trinajstić information content (AvgIpc) is 2.68. The topological polar surface area (TPSA) is 66.4 Å². The summed E-state index contributed by atoms with van der Waals surface area (Å²) in [5.74, 6) is -1.24. The van der Waals surface area contributed by atoms with Gasteiger partial charge in [-0.15, -0.1) is 11.3 Å². The van der Waals surface area contributed by atoms with Gasteiger partial charge in [-0.05, 0) is 18.4 Å². The van der Waals surface area contributed by atoms with Crippen molar-refractivity contribution < 1.29 is 14.7 Å². The number of nitrogens with one attached hydrogen (secondary N) is 1. The van der Waals surface area contributed by atoms with Crippen LogP contribution in [0.4, 0.5) is 0 Å². The zero-order valence-corrected chi connectivity index (χ0v) is 9.21. The third-order valence-corrected chi connectivity index (χ3v) is 3.06. The molecular weight excluding hydrogens is 214 g/mol. The predicted molar refractivity (Wildman–Crippen MR) is 58.0 cm³/mol. The lowest BCUT2D eigenvalue weighted by molar-refractivity contribution is -0.136. The summed E-state index contributed by atoms with van der Waals surface area (Å²) in [6.45, 7) is 1.99. The Morgan fingerprint density at radius 2 is 2.33 bits per heavy atom. The van der Waals surface area contributed by atoms with Crippen molar-refractivity contribution in [3.8, 4) is 0 Å². The lowest BCUT2D eigenvalue weighted by Crippen LogP contribution is -2.29. The molecule has 1 aromatic rings. The first-order chi connectivity index (χ1) is 7.11. The summed E-state index contributed by atoms with van der Waals surface area (Å²) in [5.41, 5.74) is 0. The van der Waals surface area contributed by atoms with E-state index in [2.05, 4.69) is 5.32 Å². The van der Waals surface area contributed by atoms with Crippen molar-refractivity contribution in [1.29, 1.82) is 0 Å². The zero-order chi connectivity index (χ0) is 11.3. The first-order valence-corrected chi connectivity index (χ1v) is 5.52. The first-order valence-electron chi connectivity index (χ1n) is 4.64. The van der Waals surface area contributed by atoms with Gasteiger partial charge in [0.2, 0.25) is 5.91 Å². The number of carboxylic acid groups (broad SMARTS) is 1. The number of aliphatic carboxylic acids is 1. The molecular formula is C10H13NO3S. The summed E-state index contributed by atoms with van der Waals surface area (Å²) in [4.78, 5) is 22.7. The van der Waals surface area contributed by atoms with Gasteiger partial charge >= 0.3 is 5.97 Å². The number of hydrogen-bond donors (Lipinski definition) is 2. The van der Waals surface area contributed by atoms with E-state index in [0.29, 0.717) is 0 Å². The zero-order valence-electron chi connectivity index (χ0n) is 8.40. The number of thiophene rings is 1. The molecule has 1 heterocycles. The van der Waals surface area contributed by atoms with Crippen molar-refractivity contribution in [1.82, 2.24) is 5.32 Å². The van der Waals surface area contributed by atoms with Gasteiger partial charge in [0, 0.05) is 11.4 Å². The Bertz CT molecular complexity index is 334. The maximum absolute atomic E-state index is 11.5. The van der Waals surface area contributed by atoms with Crippen LogP contribution >= 0.6 is 11.3 Å². The fourth-order valence-electron chi connectivity index (χ4n) is 1.11. The molecule has 0 bridgehead atoms. The molecule has 0 saturated heterocycles. The van der Waals surface area contributed by atoms with Gasteiger partial charge in [-0.1, -0.05) is 6.07 Å². The smallest absolute Gasteiger partial charge is 0.305 e. The van der Waals surface area contributed by atoms with Crippen LogP contribution in [0.15, 0.2) is 17.5 Å². The van der Waals surface area contributed by atoms with Crippen LogP contribution in [0.3, 0.4) is 0 Å². The highest BCUT2D eigenvalue weighted by atomic mass is 32.1. The van der Waals surface area contributed by atoms with E-state index in [4.69, 9.17) is 5.11 Å². The second-order valence-corrected chi connectivity index (χ2v) is 4.15. The Morgan fingerprint density at radius 1 is 1.60 bits per heavy atom. The minimum atomic E-state index is -0.904. The molecule has 0 spiro atoms. The Kier molecular flexibility index (Phi) is 4.30. The van der Waals surface area contributed by atoms with Crippen molar-refractivity contribution in [2.45, 2.75) is 19.3 Å². The summed E-state index contributed by atoms with van der Waals surface area (Å²) in [7, 11) is 0. The Morgan fingerprint density at radius 3 is 2.87 bits per heavy atom. The van der Waals surface area contributed by atoms with E-state index in [1.54, 1.807) is 0 Å². The first kappa shape index (κ1) is 11.7. The van der Waals surface area contributed by atoms with Crippen molar-refractivity contribution in [3.63, 3.8) is 0 Å². The van der Waals surface area contributed by atoms with Crippen LogP contribution in [-0.4, -0.2) is 23.5 Å². The van der Waals surface area contributed by atoms with Crippen LogP contribution in [0.1, 0.15) is 24.1 Å². The molecule has 1 aromatic heterocycles. The number of carboxylic acids is 1. The molecule has 15 heavy (non-hydrogen) atoms. The van der Waals surface area contributed by atoms with Crippen molar-refractivity contribution in [3.05, 3.63) is 22.4 Å². The summed E-state index contributed by atoms with van der Waals surface area (Å²) < 4.78 is 0. The van der Waals surface area contributed by atoms with Gasteiger partial charge in [0.25, 0.3) is 0 Å². The minimum absolute atomic E-state index is 0.0388. The molecule has 5 heteroatoms. The van der Waals surface area contributed by atoms with E-state index in [9.17, 15) is 9.59 Å². The summed E-state index contributed by atoms with van der Waals surface area (Å²) in [5, 5.41) is 12.9. The van der Waals surface area contributed by atoms with E-state index in [-0.39, 0.29) is 24.8 Å². The van der Waals surface area contributed by atoms with Crippen LogP contribution < -0.4 is 5.32 Å². The molecule has 1 amide bonds. The molecule has 0 radical (unpaired) electrons. The van der Waals surface area contributed by atoms with Crippen LogP contribution in [0.25, 0.3) is 0 Å². The maximum atomic E-state index is 11.5. The lowest BCUT2D eigenvalue weighted by atomic mass is 10.1. The van der Waals surface area contributed by atoms with Crippen LogP contribution in [0, 0.1) is 0 Å². The van der Waals surface area contributed by atoms with E-state index < -0.39 is 5.97 Å². The molecule has 0 aliphatic heterocycles. The van der Waals surface area contributed by atoms with E-state index >= 15 is 0 Å². The number of carbonyl (C=O) groups is 2. The van der Waals surface area contributed by atoms with Crippen LogP contribution in [0.2, 0.25) is 0 Å². The molecule has 82 valence electrons. The third kappa shape index (κ3) is 3.71.